The highest BCUT2D eigenvalue weighted by atomic mass is 16.5. The highest BCUT2D eigenvalue weighted by molar-refractivity contribution is 5.53. The number of nitrogens with two attached hydrogens (primary N) is 1. The van der Waals surface area contributed by atoms with Crippen molar-refractivity contribution in [1.29, 1.82) is 0 Å². The van der Waals surface area contributed by atoms with Gasteiger partial charge >= 0.3 is 0 Å². The van der Waals surface area contributed by atoms with Crippen molar-refractivity contribution in [3.8, 4) is 5.75 Å². The first kappa shape index (κ1) is 13.9. The zero-order valence-electron chi connectivity index (χ0n) is 12.6. The zero-order valence-corrected chi connectivity index (χ0v) is 12.6. The van der Waals surface area contributed by atoms with E-state index in [1.807, 2.05) is 36.7 Å². The maximum Gasteiger partial charge on any atom is 0.163 e. The molecule has 1 aliphatic carbocycles. The van der Waals surface area contributed by atoms with Crippen molar-refractivity contribution in [2.24, 2.45) is 0 Å². The quantitative estimate of drug-likeness (QED) is 0.849. The minimum Gasteiger partial charge on any atom is -0.493 e. The molecule has 1 atom stereocenters. The molecule has 2 aromatic rings. The van der Waals surface area contributed by atoms with Gasteiger partial charge in [0.25, 0.3) is 0 Å². The van der Waals surface area contributed by atoms with Crippen molar-refractivity contribution < 1.29 is 9.84 Å². The number of hydrogen-bond acceptors (Lipinski definition) is 4. The van der Waals surface area contributed by atoms with Gasteiger partial charge in [-0.1, -0.05) is 6.07 Å². The summed E-state index contributed by atoms with van der Waals surface area (Å²) >= 11 is 0. The molecule has 0 saturated heterocycles. The van der Waals surface area contributed by atoms with Crippen molar-refractivity contribution in [3.05, 3.63) is 41.2 Å². The van der Waals surface area contributed by atoms with Crippen LogP contribution < -0.4 is 10.5 Å². The Morgan fingerprint density at radius 1 is 1.43 bits per heavy atom. The topological polar surface area (TPSA) is 73.3 Å². The first-order chi connectivity index (χ1) is 9.97. The number of benzene rings is 1. The number of rotatable bonds is 3. The Morgan fingerprint density at radius 3 is 2.86 bits per heavy atom. The summed E-state index contributed by atoms with van der Waals surface area (Å²) in [6, 6.07) is 5.83. The number of aromatic nitrogens is 2. The summed E-state index contributed by atoms with van der Waals surface area (Å²) < 4.78 is 7.26. The van der Waals surface area contributed by atoms with Gasteiger partial charge in [0.1, 0.15) is 11.3 Å². The molecule has 5 heteroatoms. The third-order valence-corrected chi connectivity index (χ3v) is 4.19. The van der Waals surface area contributed by atoms with Crippen LogP contribution in [0.3, 0.4) is 0 Å². The van der Waals surface area contributed by atoms with Gasteiger partial charge in [0, 0.05) is 11.7 Å². The number of nitrogen functional groups attached to an aromatic ring is 1. The highest BCUT2D eigenvalue weighted by Crippen LogP contribution is 2.46. The van der Waals surface area contributed by atoms with Crippen molar-refractivity contribution >= 4 is 5.69 Å². The van der Waals surface area contributed by atoms with E-state index in [9.17, 15) is 5.11 Å². The number of anilines is 1. The first-order valence-corrected chi connectivity index (χ1v) is 7.20. The van der Waals surface area contributed by atoms with Gasteiger partial charge in [-0.25, -0.2) is 0 Å². The summed E-state index contributed by atoms with van der Waals surface area (Å²) in [5.41, 5.74) is 8.22. The average Bonchev–Trinajstić information content (AvgIpc) is 3.01. The van der Waals surface area contributed by atoms with Crippen molar-refractivity contribution in [1.82, 2.24) is 9.78 Å². The molecule has 21 heavy (non-hydrogen) atoms. The van der Waals surface area contributed by atoms with Gasteiger partial charge in [-0.15, -0.1) is 0 Å². The SMILES string of the molecule is COc1cnn(C(C)C)c1C1(O)CCc2cc(N)ccc21. The predicted octanol–water partition coefficient (Wildman–Crippen LogP) is 2.24. The van der Waals surface area contributed by atoms with Crippen LogP contribution in [0.1, 0.15) is 43.1 Å². The molecule has 0 radical (unpaired) electrons. The molecule has 0 amide bonds. The molecule has 1 aromatic carbocycles. The molecule has 3 N–H and O–H groups in total. The Bertz CT molecular complexity index is 678. The van der Waals surface area contributed by atoms with Crippen LogP contribution in [0.2, 0.25) is 0 Å². The van der Waals surface area contributed by atoms with Crippen LogP contribution in [0.4, 0.5) is 5.69 Å². The highest BCUT2D eigenvalue weighted by Gasteiger charge is 2.43. The normalized spacial score (nSPS) is 20.8. The van der Waals surface area contributed by atoms with Gasteiger partial charge in [0.2, 0.25) is 0 Å². The largest absolute Gasteiger partial charge is 0.493 e. The number of hydrogen-bond donors (Lipinski definition) is 2. The van der Waals surface area contributed by atoms with E-state index in [0.29, 0.717) is 12.2 Å². The van der Waals surface area contributed by atoms with E-state index in [0.717, 1.165) is 28.9 Å². The molecular formula is C16H21N3O2. The molecule has 0 bridgehead atoms. The number of aryl methyl sites for hydroxylation is 1. The second-order valence-electron chi connectivity index (χ2n) is 5.88. The third kappa shape index (κ3) is 2.00. The van der Waals surface area contributed by atoms with Crippen LogP contribution >= 0.6 is 0 Å². The van der Waals surface area contributed by atoms with Gasteiger partial charge in [-0.05, 0) is 49.9 Å². The van der Waals surface area contributed by atoms with Crippen molar-refractivity contribution in [2.45, 2.75) is 38.3 Å². The van der Waals surface area contributed by atoms with E-state index in [1.165, 1.54) is 0 Å². The van der Waals surface area contributed by atoms with Crippen LogP contribution in [0.15, 0.2) is 24.4 Å². The summed E-state index contributed by atoms with van der Waals surface area (Å²) in [5.74, 6) is 0.621. The second-order valence-corrected chi connectivity index (χ2v) is 5.88. The molecule has 0 spiro atoms. The van der Waals surface area contributed by atoms with Crippen LogP contribution in [-0.2, 0) is 12.0 Å². The van der Waals surface area contributed by atoms with E-state index in [2.05, 4.69) is 5.10 Å². The molecule has 5 nitrogen and oxygen atoms in total. The van der Waals surface area contributed by atoms with Gasteiger partial charge in [0.05, 0.1) is 13.3 Å². The average molecular weight is 287 g/mol. The Balaban J connectivity index is 2.20. The summed E-state index contributed by atoms with van der Waals surface area (Å²) in [6.45, 7) is 4.08. The molecule has 1 unspecified atom stereocenters. The maximum atomic E-state index is 11.4. The summed E-state index contributed by atoms with van der Waals surface area (Å²) in [7, 11) is 1.60. The molecule has 0 saturated carbocycles. The molecular weight excluding hydrogens is 266 g/mol. The van der Waals surface area contributed by atoms with Gasteiger partial charge < -0.3 is 15.6 Å². The zero-order chi connectivity index (χ0) is 15.2. The Morgan fingerprint density at radius 2 is 2.19 bits per heavy atom. The van der Waals surface area contributed by atoms with Crippen LogP contribution in [-0.4, -0.2) is 22.0 Å². The lowest BCUT2D eigenvalue weighted by molar-refractivity contribution is 0.0684. The Labute approximate surface area is 124 Å². The third-order valence-electron chi connectivity index (χ3n) is 4.19. The summed E-state index contributed by atoms with van der Waals surface area (Å²) in [5, 5.41) is 15.7. The maximum absolute atomic E-state index is 11.4. The Kier molecular flexibility index (Phi) is 3.17. The van der Waals surface area contributed by atoms with Gasteiger partial charge in [0.15, 0.2) is 5.75 Å². The standard InChI is InChI=1S/C16H21N3O2/c1-10(2)19-15(14(21-3)9-18-19)16(20)7-6-11-8-12(17)4-5-13(11)16/h4-5,8-10,20H,6-7,17H2,1-3H3. The van der Waals surface area contributed by atoms with Crippen molar-refractivity contribution in [3.63, 3.8) is 0 Å². The lowest BCUT2D eigenvalue weighted by atomic mass is 9.91. The van der Waals surface area contributed by atoms with E-state index < -0.39 is 5.60 Å². The Hall–Kier alpha value is -2.01. The summed E-state index contributed by atoms with van der Waals surface area (Å²) in [4.78, 5) is 0. The number of ether oxygens (including phenoxy) is 1. The number of nitrogens with zero attached hydrogens (tertiary/aromatic N) is 2. The van der Waals surface area contributed by atoms with E-state index >= 15 is 0 Å². The fraction of sp³-hybridized carbons (Fsp3) is 0.438. The molecule has 0 aliphatic heterocycles. The van der Waals surface area contributed by atoms with E-state index in [-0.39, 0.29) is 6.04 Å². The monoisotopic (exact) mass is 287 g/mol. The van der Waals surface area contributed by atoms with Crippen LogP contribution in [0.25, 0.3) is 0 Å². The van der Waals surface area contributed by atoms with Gasteiger partial charge in [-0.2, -0.15) is 5.10 Å². The molecule has 112 valence electrons. The fourth-order valence-corrected chi connectivity index (χ4v) is 3.20. The minimum atomic E-state index is -1.07. The number of methoxy groups -OCH3 is 1. The predicted molar refractivity (Wildman–Crippen MR) is 81.3 cm³/mol. The van der Waals surface area contributed by atoms with Crippen molar-refractivity contribution in [2.75, 3.05) is 12.8 Å². The second kappa shape index (κ2) is 4.77. The number of aliphatic hydroxyl groups is 1. The fourth-order valence-electron chi connectivity index (χ4n) is 3.20. The van der Waals surface area contributed by atoms with Crippen LogP contribution in [0, 0.1) is 0 Å². The molecule has 1 heterocycles. The first-order valence-electron chi connectivity index (χ1n) is 7.20. The molecule has 3 rings (SSSR count). The smallest absolute Gasteiger partial charge is 0.163 e. The lowest BCUT2D eigenvalue weighted by Crippen LogP contribution is -2.29. The van der Waals surface area contributed by atoms with Gasteiger partial charge in [-0.3, -0.25) is 4.68 Å². The van der Waals surface area contributed by atoms with E-state index in [4.69, 9.17) is 10.5 Å². The van der Waals surface area contributed by atoms with E-state index in [1.54, 1.807) is 13.3 Å². The number of fused-ring (bicyclic) bond motifs is 1. The molecule has 1 aliphatic rings. The molecule has 1 aromatic heterocycles. The summed E-state index contributed by atoms with van der Waals surface area (Å²) in [6.07, 6.45) is 3.08. The lowest BCUT2D eigenvalue weighted by Gasteiger charge is -2.27. The molecule has 0 fully saturated rings. The minimum absolute atomic E-state index is 0.144. The van der Waals surface area contributed by atoms with Crippen LogP contribution in [0.5, 0.6) is 5.75 Å².